The third-order valence-electron chi connectivity index (χ3n) is 2.92. The second kappa shape index (κ2) is 6.17. The van der Waals surface area contributed by atoms with Crippen molar-refractivity contribution in [3.63, 3.8) is 0 Å². The van der Waals surface area contributed by atoms with Crippen LogP contribution < -0.4 is 10.5 Å². The van der Waals surface area contributed by atoms with Crippen LogP contribution in [0.25, 0.3) is 0 Å². The van der Waals surface area contributed by atoms with Gasteiger partial charge in [0.1, 0.15) is 18.2 Å². The Bertz CT molecular complexity index is 586. The molecular formula is C15H15BrFNO. The van der Waals surface area contributed by atoms with Gasteiger partial charge in [0.15, 0.2) is 0 Å². The average molecular weight is 324 g/mol. The maximum atomic E-state index is 13.0. The Hall–Kier alpha value is -1.39. The van der Waals surface area contributed by atoms with E-state index in [4.69, 9.17) is 10.5 Å². The highest BCUT2D eigenvalue weighted by Crippen LogP contribution is 2.27. The second-order valence-corrected chi connectivity index (χ2v) is 5.18. The standard InChI is InChI=1S/C15H15BrFNO/c1-10-6-13(17)4-3-12(10)9-19-15-5-2-11(8-18)7-14(15)16/h2-7H,8-9,18H2,1H3. The molecule has 0 amide bonds. The molecular weight excluding hydrogens is 309 g/mol. The minimum atomic E-state index is -0.227. The fourth-order valence-electron chi connectivity index (χ4n) is 1.77. The van der Waals surface area contributed by atoms with Crippen LogP contribution in [0.1, 0.15) is 16.7 Å². The van der Waals surface area contributed by atoms with E-state index in [2.05, 4.69) is 15.9 Å². The summed E-state index contributed by atoms with van der Waals surface area (Å²) in [7, 11) is 0. The van der Waals surface area contributed by atoms with Crippen molar-refractivity contribution in [2.75, 3.05) is 0 Å². The summed E-state index contributed by atoms with van der Waals surface area (Å²) in [5.41, 5.74) is 8.46. The van der Waals surface area contributed by atoms with E-state index in [1.165, 1.54) is 12.1 Å². The van der Waals surface area contributed by atoms with Crippen molar-refractivity contribution in [3.8, 4) is 5.75 Å². The summed E-state index contributed by atoms with van der Waals surface area (Å²) in [5.74, 6) is 0.524. The third-order valence-corrected chi connectivity index (χ3v) is 3.54. The van der Waals surface area contributed by atoms with Crippen LogP contribution in [0.5, 0.6) is 5.75 Å². The molecule has 0 aromatic heterocycles. The van der Waals surface area contributed by atoms with E-state index in [0.29, 0.717) is 13.2 Å². The first-order valence-corrected chi connectivity index (χ1v) is 6.76. The maximum Gasteiger partial charge on any atom is 0.134 e. The molecule has 0 unspecified atom stereocenters. The van der Waals surface area contributed by atoms with Gasteiger partial charge in [0, 0.05) is 6.54 Å². The predicted octanol–water partition coefficient (Wildman–Crippen LogP) is 3.93. The molecule has 0 heterocycles. The van der Waals surface area contributed by atoms with Crippen LogP contribution in [-0.4, -0.2) is 0 Å². The smallest absolute Gasteiger partial charge is 0.134 e. The Morgan fingerprint density at radius 3 is 2.63 bits per heavy atom. The summed E-state index contributed by atoms with van der Waals surface area (Å²) in [6.07, 6.45) is 0. The van der Waals surface area contributed by atoms with Gasteiger partial charge in [-0.25, -0.2) is 4.39 Å². The van der Waals surface area contributed by atoms with Crippen LogP contribution in [0.4, 0.5) is 4.39 Å². The molecule has 2 N–H and O–H groups in total. The number of halogens is 2. The normalized spacial score (nSPS) is 10.5. The summed E-state index contributed by atoms with van der Waals surface area (Å²) < 4.78 is 19.6. The molecule has 4 heteroatoms. The Labute approximate surface area is 120 Å². The van der Waals surface area contributed by atoms with Crippen LogP contribution in [0, 0.1) is 12.7 Å². The molecule has 0 saturated carbocycles. The van der Waals surface area contributed by atoms with Gasteiger partial charge < -0.3 is 10.5 Å². The largest absolute Gasteiger partial charge is 0.488 e. The van der Waals surface area contributed by atoms with Crippen molar-refractivity contribution in [2.45, 2.75) is 20.1 Å². The molecule has 0 spiro atoms. The molecule has 2 aromatic rings. The van der Waals surface area contributed by atoms with Crippen LogP contribution >= 0.6 is 15.9 Å². The van der Waals surface area contributed by atoms with Gasteiger partial charge >= 0.3 is 0 Å². The fourth-order valence-corrected chi connectivity index (χ4v) is 2.31. The lowest BCUT2D eigenvalue weighted by Crippen LogP contribution is -2.00. The first-order chi connectivity index (χ1) is 9.10. The molecule has 0 fully saturated rings. The first-order valence-electron chi connectivity index (χ1n) is 5.96. The van der Waals surface area contributed by atoms with Crippen molar-refractivity contribution in [2.24, 2.45) is 5.73 Å². The molecule has 0 radical (unpaired) electrons. The molecule has 19 heavy (non-hydrogen) atoms. The second-order valence-electron chi connectivity index (χ2n) is 4.33. The summed E-state index contributed by atoms with van der Waals surface area (Å²) in [5, 5.41) is 0. The Balaban J connectivity index is 2.10. The van der Waals surface area contributed by atoms with Gasteiger partial charge in [-0.1, -0.05) is 12.1 Å². The van der Waals surface area contributed by atoms with Gasteiger partial charge in [0.05, 0.1) is 4.47 Å². The molecule has 0 aliphatic rings. The lowest BCUT2D eigenvalue weighted by Gasteiger charge is -2.11. The van der Waals surface area contributed by atoms with Crippen molar-refractivity contribution in [1.29, 1.82) is 0 Å². The summed E-state index contributed by atoms with van der Waals surface area (Å²) in [4.78, 5) is 0. The molecule has 0 aliphatic heterocycles. The molecule has 100 valence electrons. The Kier molecular flexibility index (Phi) is 4.56. The summed E-state index contributed by atoms with van der Waals surface area (Å²) in [6.45, 7) is 2.77. The Morgan fingerprint density at radius 1 is 1.21 bits per heavy atom. The predicted molar refractivity (Wildman–Crippen MR) is 77.5 cm³/mol. The van der Waals surface area contributed by atoms with Gasteiger partial charge in [-0.05, 0) is 63.8 Å². The van der Waals surface area contributed by atoms with E-state index in [-0.39, 0.29) is 5.82 Å². The Morgan fingerprint density at radius 2 is 2.00 bits per heavy atom. The van der Waals surface area contributed by atoms with Crippen LogP contribution in [0.2, 0.25) is 0 Å². The van der Waals surface area contributed by atoms with Gasteiger partial charge in [-0.15, -0.1) is 0 Å². The van der Waals surface area contributed by atoms with E-state index in [1.807, 2.05) is 25.1 Å². The maximum absolute atomic E-state index is 13.0. The highest BCUT2D eigenvalue weighted by Gasteiger charge is 2.05. The molecule has 2 aromatic carbocycles. The highest BCUT2D eigenvalue weighted by molar-refractivity contribution is 9.10. The zero-order valence-electron chi connectivity index (χ0n) is 10.6. The van der Waals surface area contributed by atoms with E-state index in [1.54, 1.807) is 6.07 Å². The van der Waals surface area contributed by atoms with Gasteiger partial charge in [-0.2, -0.15) is 0 Å². The van der Waals surface area contributed by atoms with Crippen molar-refractivity contribution >= 4 is 15.9 Å². The summed E-state index contributed by atoms with van der Waals surface area (Å²) in [6, 6.07) is 10.4. The zero-order valence-corrected chi connectivity index (χ0v) is 12.2. The average Bonchev–Trinajstić information content (AvgIpc) is 2.39. The minimum Gasteiger partial charge on any atom is -0.488 e. The SMILES string of the molecule is Cc1cc(F)ccc1COc1ccc(CN)cc1Br. The number of nitrogens with two attached hydrogens (primary N) is 1. The third kappa shape index (κ3) is 3.55. The van der Waals surface area contributed by atoms with Crippen molar-refractivity contribution in [3.05, 3.63) is 63.4 Å². The minimum absolute atomic E-state index is 0.227. The lowest BCUT2D eigenvalue weighted by atomic mass is 10.1. The molecule has 0 saturated heterocycles. The highest BCUT2D eigenvalue weighted by atomic mass is 79.9. The van der Waals surface area contributed by atoms with E-state index >= 15 is 0 Å². The van der Waals surface area contributed by atoms with Gasteiger partial charge in [0.2, 0.25) is 0 Å². The number of aryl methyl sites for hydroxylation is 1. The number of benzene rings is 2. The van der Waals surface area contributed by atoms with Crippen LogP contribution in [0.3, 0.4) is 0 Å². The molecule has 2 rings (SSSR count). The molecule has 0 atom stereocenters. The van der Waals surface area contributed by atoms with E-state index in [9.17, 15) is 4.39 Å². The topological polar surface area (TPSA) is 35.2 Å². The molecule has 0 bridgehead atoms. The number of hydrogen-bond acceptors (Lipinski definition) is 2. The zero-order chi connectivity index (χ0) is 13.8. The molecule has 2 nitrogen and oxygen atoms in total. The quantitative estimate of drug-likeness (QED) is 0.925. The number of hydrogen-bond donors (Lipinski definition) is 1. The first kappa shape index (κ1) is 14.0. The number of rotatable bonds is 4. The van der Waals surface area contributed by atoms with E-state index < -0.39 is 0 Å². The van der Waals surface area contributed by atoms with Gasteiger partial charge in [-0.3, -0.25) is 0 Å². The van der Waals surface area contributed by atoms with Gasteiger partial charge in [0.25, 0.3) is 0 Å². The van der Waals surface area contributed by atoms with Crippen molar-refractivity contribution < 1.29 is 9.13 Å². The summed E-state index contributed by atoms with van der Waals surface area (Å²) >= 11 is 3.45. The molecule has 0 aliphatic carbocycles. The van der Waals surface area contributed by atoms with Crippen LogP contribution in [0.15, 0.2) is 40.9 Å². The van der Waals surface area contributed by atoms with Crippen molar-refractivity contribution in [1.82, 2.24) is 0 Å². The number of ether oxygens (including phenoxy) is 1. The lowest BCUT2D eigenvalue weighted by molar-refractivity contribution is 0.303. The van der Waals surface area contributed by atoms with E-state index in [0.717, 1.165) is 26.9 Å². The van der Waals surface area contributed by atoms with Crippen LogP contribution in [-0.2, 0) is 13.2 Å². The fraction of sp³-hybridized carbons (Fsp3) is 0.200. The monoisotopic (exact) mass is 323 g/mol.